The highest BCUT2D eigenvalue weighted by Crippen LogP contribution is 2.13. The number of hydrogen-bond acceptors (Lipinski definition) is 3. The molecule has 0 aromatic carbocycles. The standard InChI is InChI=1S/C13H23NO5/c1-3-5-6-9(4-2)12(17)14-10(13(18)19)7-8-11(15)16/h9-10H,3-8H2,1-2H3,(H,14,17)(H,15,16)(H,18,19)/t9-,10+/m1/s1. The van der Waals surface area contributed by atoms with Crippen molar-refractivity contribution in [3.05, 3.63) is 0 Å². The number of aliphatic carboxylic acids is 2. The second kappa shape index (κ2) is 9.35. The minimum Gasteiger partial charge on any atom is -0.481 e. The van der Waals surface area contributed by atoms with Crippen LogP contribution in [0.15, 0.2) is 0 Å². The molecule has 1 amide bonds. The molecule has 0 aliphatic rings. The van der Waals surface area contributed by atoms with Gasteiger partial charge >= 0.3 is 11.9 Å². The molecule has 6 nitrogen and oxygen atoms in total. The van der Waals surface area contributed by atoms with Crippen LogP contribution in [0, 0.1) is 5.92 Å². The van der Waals surface area contributed by atoms with E-state index >= 15 is 0 Å². The van der Waals surface area contributed by atoms with E-state index in [2.05, 4.69) is 5.32 Å². The predicted molar refractivity (Wildman–Crippen MR) is 69.7 cm³/mol. The van der Waals surface area contributed by atoms with Crippen molar-refractivity contribution in [1.29, 1.82) is 0 Å². The molecule has 0 radical (unpaired) electrons. The molecular formula is C13H23NO5. The molecule has 3 N–H and O–H groups in total. The number of amides is 1. The van der Waals surface area contributed by atoms with Gasteiger partial charge < -0.3 is 15.5 Å². The van der Waals surface area contributed by atoms with Crippen molar-refractivity contribution in [3.8, 4) is 0 Å². The Kier molecular flexibility index (Phi) is 8.57. The topological polar surface area (TPSA) is 104 Å². The summed E-state index contributed by atoms with van der Waals surface area (Å²) in [5, 5.41) is 19.9. The lowest BCUT2D eigenvalue weighted by Crippen LogP contribution is -2.43. The van der Waals surface area contributed by atoms with Crippen LogP contribution in [0.25, 0.3) is 0 Å². The molecule has 0 rings (SSSR count). The van der Waals surface area contributed by atoms with Crippen LogP contribution >= 0.6 is 0 Å². The fourth-order valence-electron chi connectivity index (χ4n) is 1.79. The van der Waals surface area contributed by atoms with Crippen molar-refractivity contribution in [1.82, 2.24) is 5.32 Å². The van der Waals surface area contributed by atoms with Crippen LogP contribution in [0.3, 0.4) is 0 Å². The Hall–Kier alpha value is -1.59. The number of nitrogens with one attached hydrogen (secondary N) is 1. The van der Waals surface area contributed by atoms with E-state index in [1.165, 1.54) is 0 Å². The summed E-state index contributed by atoms with van der Waals surface area (Å²) >= 11 is 0. The molecule has 0 aromatic rings. The molecule has 0 aliphatic carbocycles. The van der Waals surface area contributed by atoms with Gasteiger partial charge in [0.2, 0.25) is 5.91 Å². The number of carbonyl (C=O) groups excluding carboxylic acids is 1. The van der Waals surface area contributed by atoms with Crippen molar-refractivity contribution < 1.29 is 24.6 Å². The molecule has 0 spiro atoms. The average molecular weight is 273 g/mol. The Morgan fingerprint density at radius 1 is 1.11 bits per heavy atom. The monoisotopic (exact) mass is 273 g/mol. The third-order valence-electron chi connectivity index (χ3n) is 3.03. The van der Waals surface area contributed by atoms with Gasteiger partial charge in [-0.25, -0.2) is 4.79 Å². The lowest BCUT2D eigenvalue weighted by molar-refractivity contribution is -0.143. The van der Waals surface area contributed by atoms with Crippen LogP contribution in [0.5, 0.6) is 0 Å². The van der Waals surface area contributed by atoms with E-state index in [4.69, 9.17) is 10.2 Å². The van der Waals surface area contributed by atoms with Gasteiger partial charge in [0.05, 0.1) is 0 Å². The van der Waals surface area contributed by atoms with Gasteiger partial charge in [0.15, 0.2) is 0 Å². The third-order valence-corrected chi connectivity index (χ3v) is 3.03. The van der Waals surface area contributed by atoms with Crippen molar-refractivity contribution in [2.45, 2.75) is 58.4 Å². The third kappa shape index (κ3) is 7.43. The first-order valence-electron chi connectivity index (χ1n) is 6.67. The number of carboxylic acids is 2. The van der Waals surface area contributed by atoms with Gasteiger partial charge in [-0.15, -0.1) is 0 Å². The Bertz CT molecular complexity index is 316. The Morgan fingerprint density at radius 2 is 1.74 bits per heavy atom. The van der Waals surface area contributed by atoms with Crippen molar-refractivity contribution in [2.75, 3.05) is 0 Å². The van der Waals surface area contributed by atoms with E-state index in [9.17, 15) is 14.4 Å². The van der Waals surface area contributed by atoms with Gasteiger partial charge in [-0.1, -0.05) is 26.7 Å². The van der Waals surface area contributed by atoms with Gasteiger partial charge in [0, 0.05) is 12.3 Å². The summed E-state index contributed by atoms with van der Waals surface area (Å²) in [4.78, 5) is 33.3. The smallest absolute Gasteiger partial charge is 0.326 e. The van der Waals surface area contributed by atoms with Crippen molar-refractivity contribution in [3.63, 3.8) is 0 Å². The molecule has 0 fully saturated rings. The maximum Gasteiger partial charge on any atom is 0.326 e. The SMILES string of the molecule is CCCC[C@@H](CC)C(=O)N[C@@H](CCC(=O)O)C(=O)O. The van der Waals surface area contributed by atoms with Crippen molar-refractivity contribution >= 4 is 17.8 Å². The average Bonchev–Trinajstić information content (AvgIpc) is 2.34. The number of carboxylic acid groups (broad SMARTS) is 2. The zero-order valence-electron chi connectivity index (χ0n) is 11.5. The molecule has 110 valence electrons. The summed E-state index contributed by atoms with van der Waals surface area (Å²) in [5.41, 5.74) is 0. The number of unbranched alkanes of at least 4 members (excludes halogenated alkanes) is 1. The fraction of sp³-hybridized carbons (Fsp3) is 0.769. The zero-order valence-corrected chi connectivity index (χ0v) is 11.5. The lowest BCUT2D eigenvalue weighted by atomic mass is 9.97. The summed E-state index contributed by atoms with van der Waals surface area (Å²) < 4.78 is 0. The van der Waals surface area contributed by atoms with Crippen molar-refractivity contribution in [2.24, 2.45) is 5.92 Å². The second-order valence-corrected chi connectivity index (χ2v) is 4.58. The van der Waals surface area contributed by atoms with Crippen LogP contribution in [0.4, 0.5) is 0 Å². The number of rotatable bonds is 10. The van der Waals surface area contributed by atoms with E-state index in [1.807, 2.05) is 13.8 Å². The summed E-state index contributed by atoms with van der Waals surface area (Å²) in [6.45, 7) is 3.91. The van der Waals surface area contributed by atoms with E-state index < -0.39 is 18.0 Å². The molecule has 0 saturated carbocycles. The lowest BCUT2D eigenvalue weighted by Gasteiger charge is -2.18. The van der Waals surface area contributed by atoms with Crippen LogP contribution in [0.1, 0.15) is 52.4 Å². The summed E-state index contributed by atoms with van der Waals surface area (Å²) in [5.74, 6) is -2.76. The predicted octanol–water partition coefficient (Wildman–Crippen LogP) is 1.64. The molecular weight excluding hydrogens is 250 g/mol. The minimum atomic E-state index is -1.19. The van der Waals surface area contributed by atoms with E-state index in [0.717, 1.165) is 19.3 Å². The largest absolute Gasteiger partial charge is 0.481 e. The van der Waals surface area contributed by atoms with E-state index in [1.54, 1.807) is 0 Å². The normalized spacial score (nSPS) is 13.6. The van der Waals surface area contributed by atoms with Gasteiger partial charge in [-0.2, -0.15) is 0 Å². The maximum atomic E-state index is 11.9. The first kappa shape index (κ1) is 17.4. The van der Waals surface area contributed by atoms with Crippen LogP contribution < -0.4 is 5.32 Å². The molecule has 0 saturated heterocycles. The Morgan fingerprint density at radius 3 is 2.16 bits per heavy atom. The maximum absolute atomic E-state index is 11.9. The molecule has 2 atom stereocenters. The van der Waals surface area contributed by atoms with E-state index in [-0.39, 0.29) is 24.7 Å². The highest BCUT2D eigenvalue weighted by Gasteiger charge is 2.24. The second-order valence-electron chi connectivity index (χ2n) is 4.58. The molecule has 0 aliphatic heterocycles. The molecule has 0 heterocycles. The Labute approximate surface area is 113 Å². The summed E-state index contributed by atoms with van der Waals surface area (Å²) in [6.07, 6.45) is 2.90. The molecule has 0 unspecified atom stereocenters. The molecule has 6 heteroatoms. The highest BCUT2D eigenvalue weighted by molar-refractivity contribution is 5.85. The Balaban J connectivity index is 4.42. The number of hydrogen-bond donors (Lipinski definition) is 3. The minimum absolute atomic E-state index is 0.0966. The van der Waals surface area contributed by atoms with Gasteiger partial charge in [0.25, 0.3) is 0 Å². The zero-order chi connectivity index (χ0) is 14.8. The number of carbonyl (C=O) groups is 3. The first-order valence-corrected chi connectivity index (χ1v) is 6.67. The quantitative estimate of drug-likeness (QED) is 0.561. The molecule has 19 heavy (non-hydrogen) atoms. The highest BCUT2D eigenvalue weighted by atomic mass is 16.4. The van der Waals surface area contributed by atoms with Crippen LogP contribution in [0.2, 0.25) is 0 Å². The van der Waals surface area contributed by atoms with Crippen LogP contribution in [-0.2, 0) is 14.4 Å². The summed E-state index contributed by atoms with van der Waals surface area (Å²) in [6, 6.07) is -1.13. The first-order chi connectivity index (χ1) is 8.92. The van der Waals surface area contributed by atoms with Gasteiger partial charge in [0.1, 0.15) is 6.04 Å². The molecule has 0 bridgehead atoms. The fourth-order valence-corrected chi connectivity index (χ4v) is 1.79. The van der Waals surface area contributed by atoms with E-state index in [0.29, 0.717) is 6.42 Å². The van der Waals surface area contributed by atoms with Crippen LogP contribution in [-0.4, -0.2) is 34.1 Å². The van der Waals surface area contributed by atoms with Gasteiger partial charge in [-0.05, 0) is 19.3 Å². The molecule has 0 aromatic heterocycles. The van der Waals surface area contributed by atoms with Gasteiger partial charge in [-0.3, -0.25) is 9.59 Å². The summed E-state index contributed by atoms with van der Waals surface area (Å²) in [7, 11) is 0.